The minimum Gasteiger partial charge on any atom is -0.367 e. The maximum absolute atomic E-state index is 5.80. The number of aryl methyl sites for hydroxylation is 1. The summed E-state index contributed by atoms with van der Waals surface area (Å²) in [5.74, 6) is 1.96. The van der Waals surface area contributed by atoms with E-state index in [1.807, 2.05) is 6.07 Å². The van der Waals surface area contributed by atoms with Crippen LogP contribution in [-0.4, -0.2) is 21.9 Å². The first-order valence-electron chi connectivity index (χ1n) is 5.30. The first-order valence-corrected chi connectivity index (χ1v) is 5.84. The van der Waals surface area contributed by atoms with Crippen molar-refractivity contribution in [3.05, 3.63) is 18.1 Å². The molecule has 0 radical (unpaired) electrons. The zero-order valence-electron chi connectivity index (χ0n) is 9.50. The largest absolute Gasteiger partial charge is 0.367 e. The van der Waals surface area contributed by atoms with E-state index in [0.29, 0.717) is 17.8 Å². The van der Waals surface area contributed by atoms with E-state index in [2.05, 4.69) is 36.1 Å². The zero-order chi connectivity index (χ0) is 11.3. The van der Waals surface area contributed by atoms with Gasteiger partial charge in [-0.15, -0.1) is 11.6 Å². The second kappa shape index (κ2) is 5.91. The van der Waals surface area contributed by atoms with Crippen molar-refractivity contribution in [2.45, 2.75) is 33.2 Å². The van der Waals surface area contributed by atoms with Crippen LogP contribution < -0.4 is 5.32 Å². The Morgan fingerprint density at radius 1 is 1.40 bits per heavy atom. The molecule has 1 aromatic rings. The molecule has 0 aromatic carbocycles. The highest BCUT2D eigenvalue weighted by Gasteiger charge is 2.11. The number of nitrogens with zero attached hydrogens (tertiary/aromatic N) is 2. The second-order valence-electron chi connectivity index (χ2n) is 3.81. The van der Waals surface area contributed by atoms with E-state index in [4.69, 9.17) is 11.6 Å². The molecule has 0 saturated carbocycles. The fourth-order valence-corrected chi connectivity index (χ4v) is 1.45. The summed E-state index contributed by atoms with van der Waals surface area (Å²) in [6.07, 6.45) is 2.52. The van der Waals surface area contributed by atoms with E-state index in [9.17, 15) is 0 Å². The fraction of sp³-hybridized carbons (Fsp3) is 0.636. The van der Waals surface area contributed by atoms with Crippen LogP contribution in [0.5, 0.6) is 0 Å². The predicted molar refractivity (Wildman–Crippen MR) is 64.4 cm³/mol. The molecule has 2 atom stereocenters. The number of halogens is 1. The molecule has 0 bridgehead atoms. The molecule has 84 valence electrons. The van der Waals surface area contributed by atoms with Gasteiger partial charge in [-0.2, -0.15) is 0 Å². The molecule has 0 aliphatic heterocycles. The van der Waals surface area contributed by atoms with Crippen molar-refractivity contribution in [3.8, 4) is 0 Å². The predicted octanol–water partition coefficient (Wildman–Crippen LogP) is 2.71. The third kappa shape index (κ3) is 3.67. The lowest BCUT2D eigenvalue weighted by molar-refractivity contribution is 0.564. The Balaban J connectivity index is 2.63. The second-order valence-corrected chi connectivity index (χ2v) is 4.12. The van der Waals surface area contributed by atoms with Crippen LogP contribution in [0.25, 0.3) is 0 Å². The van der Waals surface area contributed by atoms with Crippen molar-refractivity contribution in [3.63, 3.8) is 0 Å². The van der Waals surface area contributed by atoms with Crippen LogP contribution in [0.15, 0.2) is 12.4 Å². The van der Waals surface area contributed by atoms with Gasteiger partial charge < -0.3 is 5.32 Å². The molecular weight excluding hydrogens is 210 g/mol. The van der Waals surface area contributed by atoms with Gasteiger partial charge >= 0.3 is 0 Å². The first-order chi connectivity index (χ1) is 7.17. The Morgan fingerprint density at radius 2 is 2.13 bits per heavy atom. The van der Waals surface area contributed by atoms with Crippen LogP contribution in [-0.2, 0) is 6.42 Å². The Kier molecular flexibility index (Phi) is 4.82. The Morgan fingerprint density at radius 3 is 2.73 bits per heavy atom. The molecule has 2 unspecified atom stereocenters. The maximum Gasteiger partial charge on any atom is 0.129 e. The molecule has 0 aliphatic carbocycles. The van der Waals surface area contributed by atoms with Gasteiger partial charge in [-0.3, -0.25) is 0 Å². The molecule has 1 aromatic heterocycles. The van der Waals surface area contributed by atoms with E-state index in [-0.39, 0.29) is 0 Å². The van der Waals surface area contributed by atoms with E-state index >= 15 is 0 Å². The highest BCUT2D eigenvalue weighted by molar-refractivity contribution is 6.18. The lowest BCUT2D eigenvalue weighted by atomic mass is 10.1. The fourth-order valence-electron chi connectivity index (χ4n) is 1.18. The Bertz CT molecular complexity index is 304. The molecule has 1 N–H and O–H groups in total. The van der Waals surface area contributed by atoms with Gasteiger partial charge in [-0.1, -0.05) is 13.8 Å². The van der Waals surface area contributed by atoms with Crippen molar-refractivity contribution in [2.75, 3.05) is 11.2 Å². The van der Waals surface area contributed by atoms with Crippen molar-refractivity contribution in [1.82, 2.24) is 9.97 Å². The number of anilines is 1. The third-order valence-electron chi connectivity index (χ3n) is 2.56. The molecule has 0 saturated heterocycles. The number of rotatable bonds is 5. The highest BCUT2D eigenvalue weighted by Crippen LogP contribution is 2.12. The average molecular weight is 228 g/mol. The molecule has 3 nitrogen and oxygen atoms in total. The SMILES string of the molecule is CCc1cc(NC(C)C(C)CCl)ncn1. The molecule has 0 amide bonds. The van der Waals surface area contributed by atoms with Gasteiger partial charge in [0.2, 0.25) is 0 Å². The lowest BCUT2D eigenvalue weighted by Gasteiger charge is -2.19. The number of aromatic nitrogens is 2. The third-order valence-corrected chi connectivity index (χ3v) is 3.05. The van der Waals surface area contributed by atoms with Crippen molar-refractivity contribution in [2.24, 2.45) is 5.92 Å². The topological polar surface area (TPSA) is 37.8 Å². The normalized spacial score (nSPS) is 14.7. The van der Waals surface area contributed by atoms with Gasteiger partial charge in [0.15, 0.2) is 0 Å². The Labute approximate surface area is 96.3 Å². The lowest BCUT2D eigenvalue weighted by Crippen LogP contribution is -2.25. The van der Waals surface area contributed by atoms with Gasteiger partial charge in [0.1, 0.15) is 12.1 Å². The van der Waals surface area contributed by atoms with Crippen molar-refractivity contribution >= 4 is 17.4 Å². The Hall–Kier alpha value is -0.830. The zero-order valence-corrected chi connectivity index (χ0v) is 10.3. The molecule has 4 heteroatoms. The monoisotopic (exact) mass is 227 g/mol. The van der Waals surface area contributed by atoms with Crippen LogP contribution in [0, 0.1) is 5.92 Å². The summed E-state index contributed by atoms with van der Waals surface area (Å²) in [6, 6.07) is 2.30. The highest BCUT2D eigenvalue weighted by atomic mass is 35.5. The number of nitrogens with one attached hydrogen (secondary N) is 1. The summed E-state index contributed by atoms with van der Waals surface area (Å²) < 4.78 is 0. The number of hydrogen-bond donors (Lipinski definition) is 1. The van der Waals surface area contributed by atoms with Crippen LogP contribution in [0.4, 0.5) is 5.82 Å². The molecule has 0 spiro atoms. The smallest absolute Gasteiger partial charge is 0.129 e. The van der Waals surface area contributed by atoms with Crippen LogP contribution in [0.2, 0.25) is 0 Å². The summed E-state index contributed by atoms with van der Waals surface area (Å²) in [5.41, 5.74) is 1.05. The standard InChI is InChI=1S/C11H18ClN3/c1-4-10-5-11(14-7-13-10)15-9(3)8(2)6-12/h5,7-9H,4,6H2,1-3H3,(H,13,14,15). The minimum atomic E-state index is 0.321. The van der Waals surface area contributed by atoms with E-state index in [1.165, 1.54) is 0 Å². The minimum absolute atomic E-state index is 0.321. The average Bonchev–Trinajstić information content (AvgIpc) is 2.28. The molecule has 15 heavy (non-hydrogen) atoms. The quantitative estimate of drug-likeness (QED) is 0.786. The van der Waals surface area contributed by atoms with Gasteiger partial charge in [0.25, 0.3) is 0 Å². The van der Waals surface area contributed by atoms with Crippen LogP contribution >= 0.6 is 11.6 Å². The summed E-state index contributed by atoms with van der Waals surface area (Å²) in [5, 5.41) is 3.33. The molecular formula is C11H18ClN3. The van der Waals surface area contributed by atoms with Crippen molar-refractivity contribution < 1.29 is 0 Å². The van der Waals surface area contributed by atoms with E-state index in [1.54, 1.807) is 6.33 Å². The molecule has 1 heterocycles. The van der Waals surface area contributed by atoms with E-state index < -0.39 is 0 Å². The molecule has 0 fully saturated rings. The maximum atomic E-state index is 5.80. The van der Waals surface area contributed by atoms with Gasteiger partial charge in [0, 0.05) is 23.7 Å². The van der Waals surface area contributed by atoms with Crippen LogP contribution in [0.1, 0.15) is 26.5 Å². The van der Waals surface area contributed by atoms with Gasteiger partial charge in [-0.05, 0) is 19.3 Å². The number of alkyl halides is 1. The summed E-state index contributed by atoms with van der Waals surface area (Å²) in [4.78, 5) is 8.33. The molecule has 0 aliphatic rings. The van der Waals surface area contributed by atoms with Crippen LogP contribution in [0.3, 0.4) is 0 Å². The van der Waals surface area contributed by atoms with E-state index in [0.717, 1.165) is 17.9 Å². The van der Waals surface area contributed by atoms with Gasteiger partial charge in [-0.25, -0.2) is 9.97 Å². The van der Waals surface area contributed by atoms with Crippen molar-refractivity contribution in [1.29, 1.82) is 0 Å². The summed E-state index contributed by atoms with van der Waals surface area (Å²) >= 11 is 5.80. The summed E-state index contributed by atoms with van der Waals surface area (Å²) in [6.45, 7) is 6.31. The van der Waals surface area contributed by atoms with Gasteiger partial charge in [0.05, 0.1) is 0 Å². The summed E-state index contributed by atoms with van der Waals surface area (Å²) in [7, 11) is 0. The molecule has 1 rings (SSSR count). The number of hydrogen-bond acceptors (Lipinski definition) is 3. The first kappa shape index (κ1) is 12.2.